The number of anilines is 2. The molecule has 0 fully saturated rings. The van der Waals surface area contributed by atoms with Gasteiger partial charge in [-0.15, -0.1) is 0 Å². The van der Waals surface area contributed by atoms with Crippen molar-refractivity contribution in [3.05, 3.63) is 54.2 Å². The van der Waals surface area contributed by atoms with E-state index >= 15 is 0 Å². The van der Waals surface area contributed by atoms with Gasteiger partial charge in [-0.1, -0.05) is 42.5 Å². The number of benzene rings is 2. The summed E-state index contributed by atoms with van der Waals surface area (Å²) in [6.45, 7) is 0.727. The molecule has 0 spiro atoms. The van der Waals surface area contributed by atoms with Gasteiger partial charge in [0.2, 0.25) is 0 Å². The van der Waals surface area contributed by atoms with Gasteiger partial charge in [0.25, 0.3) is 0 Å². The molecule has 1 aromatic heterocycles. The second kappa shape index (κ2) is 4.41. The lowest BCUT2D eigenvalue weighted by atomic mass is 10.0. The van der Waals surface area contributed by atoms with Crippen LogP contribution in [0.5, 0.6) is 0 Å². The Morgan fingerprint density at radius 2 is 1.94 bits per heavy atom. The predicted molar refractivity (Wildman–Crippen MR) is 74.3 cm³/mol. The van der Waals surface area contributed by atoms with Crippen LogP contribution >= 0.6 is 0 Å². The first-order chi connectivity index (χ1) is 8.84. The van der Waals surface area contributed by atoms with Crippen molar-refractivity contribution in [3.8, 4) is 0 Å². The molecule has 0 aliphatic heterocycles. The lowest BCUT2D eigenvalue weighted by Gasteiger charge is -2.08. The molecule has 0 atom stereocenters. The van der Waals surface area contributed by atoms with E-state index in [4.69, 9.17) is 5.73 Å². The predicted octanol–water partition coefficient (Wildman–Crippen LogP) is 2.76. The van der Waals surface area contributed by atoms with E-state index in [1.807, 2.05) is 6.07 Å². The molecular formula is C14H14N4. The molecule has 0 unspecified atom stereocenters. The molecule has 2 aromatic carbocycles. The molecular weight excluding hydrogens is 224 g/mol. The standard InChI is InChI=1S/C14H14N4/c15-14-13(9-17-18-14)16-8-11-6-3-5-10-4-1-2-7-12(10)11/h1-7,9,16H,8H2,(H3,15,17,18). The SMILES string of the molecule is Nc1[nH]ncc1NCc1cccc2ccccc12. The fraction of sp³-hybridized carbons (Fsp3) is 0.0714. The first-order valence-electron chi connectivity index (χ1n) is 5.84. The number of rotatable bonds is 3. The van der Waals surface area contributed by atoms with Crippen molar-refractivity contribution in [3.63, 3.8) is 0 Å². The molecule has 4 nitrogen and oxygen atoms in total. The smallest absolute Gasteiger partial charge is 0.142 e. The first-order valence-corrected chi connectivity index (χ1v) is 5.84. The van der Waals surface area contributed by atoms with E-state index in [0.29, 0.717) is 5.82 Å². The highest BCUT2D eigenvalue weighted by Gasteiger charge is 2.03. The fourth-order valence-electron chi connectivity index (χ4n) is 2.07. The van der Waals surface area contributed by atoms with Gasteiger partial charge < -0.3 is 11.1 Å². The zero-order valence-electron chi connectivity index (χ0n) is 9.85. The highest BCUT2D eigenvalue weighted by molar-refractivity contribution is 5.85. The Balaban J connectivity index is 1.89. The molecule has 0 saturated heterocycles. The van der Waals surface area contributed by atoms with Gasteiger partial charge in [0.1, 0.15) is 5.82 Å². The highest BCUT2D eigenvalue weighted by Crippen LogP contribution is 2.20. The Labute approximate surface area is 105 Å². The lowest BCUT2D eigenvalue weighted by Crippen LogP contribution is -2.01. The van der Waals surface area contributed by atoms with Crippen molar-refractivity contribution in [2.45, 2.75) is 6.54 Å². The molecule has 90 valence electrons. The van der Waals surface area contributed by atoms with Gasteiger partial charge in [-0.3, -0.25) is 5.10 Å². The third kappa shape index (κ3) is 1.88. The lowest BCUT2D eigenvalue weighted by molar-refractivity contribution is 1.10. The summed E-state index contributed by atoms with van der Waals surface area (Å²) in [5.74, 6) is 0.565. The minimum absolute atomic E-state index is 0.565. The first kappa shape index (κ1) is 10.7. The molecule has 0 aliphatic carbocycles. The molecule has 18 heavy (non-hydrogen) atoms. The van der Waals surface area contributed by atoms with E-state index in [9.17, 15) is 0 Å². The van der Waals surface area contributed by atoms with Crippen molar-refractivity contribution in [2.24, 2.45) is 0 Å². The maximum absolute atomic E-state index is 5.74. The third-order valence-corrected chi connectivity index (χ3v) is 3.02. The number of H-pyrrole nitrogens is 1. The summed E-state index contributed by atoms with van der Waals surface area (Å²) in [7, 11) is 0. The second-order valence-electron chi connectivity index (χ2n) is 4.19. The summed E-state index contributed by atoms with van der Waals surface area (Å²) in [4.78, 5) is 0. The number of nitrogens with one attached hydrogen (secondary N) is 2. The van der Waals surface area contributed by atoms with Gasteiger partial charge in [-0.2, -0.15) is 5.10 Å². The molecule has 0 radical (unpaired) electrons. The number of aromatic amines is 1. The number of nitrogens with zero attached hydrogens (tertiary/aromatic N) is 1. The van der Waals surface area contributed by atoms with Gasteiger partial charge in [0.15, 0.2) is 0 Å². The van der Waals surface area contributed by atoms with Crippen molar-refractivity contribution in [1.29, 1.82) is 0 Å². The van der Waals surface area contributed by atoms with Gasteiger partial charge in [0, 0.05) is 6.54 Å². The van der Waals surface area contributed by atoms with E-state index in [2.05, 4.69) is 51.9 Å². The van der Waals surface area contributed by atoms with Crippen molar-refractivity contribution >= 4 is 22.3 Å². The zero-order chi connectivity index (χ0) is 12.4. The van der Waals surface area contributed by atoms with Crippen molar-refractivity contribution in [2.75, 3.05) is 11.1 Å². The maximum atomic E-state index is 5.74. The van der Waals surface area contributed by atoms with E-state index in [1.54, 1.807) is 6.20 Å². The summed E-state index contributed by atoms with van der Waals surface area (Å²) in [5, 5.41) is 12.4. The fourth-order valence-corrected chi connectivity index (χ4v) is 2.07. The van der Waals surface area contributed by atoms with Gasteiger partial charge in [0.05, 0.1) is 11.9 Å². The van der Waals surface area contributed by atoms with Gasteiger partial charge in [-0.05, 0) is 16.3 Å². The molecule has 4 heteroatoms. The number of aromatic nitrogens is 2. The minimum Gasteiger partial charge on any atom is -0.382 e. The molecule has 0 aliphatic rings. The topological polar surface area (TPSA) is 66.7 Å². The van der Waals surface area contributed by atoms with Crippen LogP contribution in [0.15, 0.2) is 48.7 Å². The molecule has 1 heterocycles. The number of nitrogens with two attached hydrogens (primary N) is 1. The quantitative estimate of drug-likeness (QED) is 0.657. The normalized spacial score (nSPS) is 10.7. The molecule has 4 N–H and O–H groups in total. The van der Waals surface area contributed by atoms with Crippen LogP contribution in [0, 0.1) is 0 Å². The van der Waals surface area contributed by atoms with Crippen molar-refractivity contribution in [1.82, 2.24) is 10.2 Å². The van der Waals surface area contributed by atoms with Crippen LogP contribution in [0.3, 0.4) is 0 Å². The number of nitrogen functional groups attached to an aromatic ring is 1. The van der Waals surface area contributed by atoms with Gasteiger partial charge in [-0.25, -0.2) is 0 Å². The number of hydrogen-bond acceptors (Lipinski definition) is 3. The average Bonchev–Trinajstić information content (AvgIpc) is 2.82. The number of fused-ring (bicyclic) bond motifs is 1. The Hall–Kier alpha value is -2.49. The summed E-state index contributed by atoms with van der Waals surface area (Å²) >= 11 is 0. The third-order valence-electron chi connectivity index (χ3n) is 3.02. The molecule has 3 rings (SSSR count). The van der Waals surface area contributed by atoms with Crippen LogP contribution in [0.1, 0.15) is 5.56 Å². The van der Waals surface area contributed by atoms with E-state index in [0.717, 1.165) is 12.2 Å². The largest absolute Gasteiger partial charge is 0.382 e. The summed E-state index contributed by atoms with van der Waals surface area (Å²) < 4.78 is 0. The Morgan fingerprint density at radius 3 is 2.78 bits per heavy atom. The highest BCUT2D eigenvalue weighted by atomic mass is 15.2. The van der Waals surface area contributed by atoms with Crippen LogP contribution in [0.2, 0.25) is 0 Å². The minimum atomic E-state index is 0.565. The molecule has 0 saturated carbocycles. The molecule has 3 aromatic rings. The van der Waals surface area contributed by atoms with Crippen LogP contribution in [-0.4, -0.2) is 10.2 Å². The average molecular weight is 238 g/mol. The molecule has 0 amide bonds. The van der Waals surface area contributed by atoms with E-state index in [1.165, 1.54) is 16.3 Å². The van der Waals surface area contributed by atoms with Crippen LogP contribution in [0.4, 0.5) is 11.5 Å². The van der Waals surface area contributed by atoms with Gasteiger partial charge >= 0.3 is 0 Å². The van der Waals surface area contributed by atoms with Crippen LogP contribution < -0.4 is 11.1 Å². The number of hydrogen-bond donors (Lipinski definition) is 3. The summed E-state index contributed by atoms with van der Waals surface area (Å²) in [6.07, 6.45) is 1.69. The monoisotopic (exact) mass is 238 g/mol. The summed E-state index contributed by atoms with van der Waals surface area (Å²) in [6, 6.07) is 14.6. The van der Waals surface area contributed by atoms with Crippen molar-refractivity contribution < 1.29 is 0 Å². The Kier molecular flexibility index (Phi) is 2.61. The second-order valence-corrected chi connectivity index (χ2v) is 4.19. The van der Waals surface area contributed by atoms with Crippen LogP contribution in [0.25, 0.3) is 10.8 Å². The van der Waals surface area contributed by atoms with E-state index < -0.39 is 0 Å². The maximum Gasteiger partial charge on any atom is 0.142 e. The Bertz CT molecular complexity index is 667. The summed E-state index contributed by atoms with van der Waals surface area (Å²) in [5.41, 5.74) is 7.82. The molecule has 0 bridgehead atoms. The zero-order valence-corrected chi connectivity index (χ0v) is 9.85. The Morgan fingerprint density at radius 1 is 1.11 bits per heavy atom. The van der Waals surface area contributed by atoms with E-state index in [-0.39, 0.29) is 0 Å². The van der Waals surface area contributed by atoms with Crippen LogP contribution in [-0.2, 0) is 6.54 Å².